The third kappa shape index (κ3) is 5.79. The number of aromatic nitrogens is 3. The van der Waals surface area contributed by atoms with Crippen LogP contribution >= 0.6 is 0 Å². The van der Waals surface area contributed by atoms with Crippen molar-refractivity contribution >= 4 is 43.9 Å². The zero-order valence-corrected chi connectivity index (χ0v) is 29.1. The fraction of sp³-hybridized carbons (Fsp3) is 0.0816. The van der Waals surface area contributed by atoms with Crippen LogP contribution < -0.4 is 0 Å². The summed E-state index contributed by atoms with van der Waals surface area (Å²) < 4.78 is 6.69. The van der Waals surface area contributed by atoms with Crippen LogP contribution in [0.5, 0.6) is 0 Å². The molecule has 0 aliphatic heterocycles. The molecule has 0 spiro atoms. The molecule has 2 heterocycles. The Bertz CT molecular complexity index is 2800. The number of nitrogens with zero attached hydrogens (tertiary/aromatic N) is 3. The lowest BCUT2D eigenvalue weighted by molar-refractivity contribution is 0.670. The number of hydrogen-bond donors (Lipinski definition) is 0. The molecule has 1 atom stereocenters. The van der Waals surface area contributed by atoms with Crippen LogP contribution in [0.2, 0.25) is 0 Å². The van der Waals surface area contributed by atoms with Gasteiger partial charge >= 0.3 is 0 Å². The summed E-state index contributed by atoms with van der Waals surface area (Å²) in [6, 6.07) is 47.0. The van der Waals surface area contributed by atoms with E-state index in [-0.39, 0.29) is 5.92 Å². The average molecular weight is 682 g/mol. The molecule has 0 radical (unpaired) electrons. The standard InChI is InChI=1S/C49H35N3O/c1-3-12-32(13-4-1)34-24-27-36(28-25-34)48-50-47(35-15-5-2-6-16-35)51-49(52-48)40-19-9-18-38(31-40)41-20-11-23-44-45(41)43-22-10-21-42(46(43)53-44)39-29-26-33-14-7-8-17-37(33)30-39/h1-8,10-15,17,19-31,35H,9,16,18H2. The van der Waals surface area contributed by atoms with E-state index in [1.807, 2.05) is 6.07 Å². The molecule has 8 aromatic rings. The Balaban J connectivity index is 1.06. The Hall–Kier alpha value is -6.65. The fourth-order valence-electron chi connectivity index (χ4n) is 7.80. The van der Waals surface area contributed by atoms with E-state index in [4.69, 9.17) is 19.4 Å². The third-order valence-electron chi connectivity index (χ3n) is 10.5. The van der Waals surface area contributed by atoms with E-state index in [1.54, 1.807) is 0 Å². The minimum absolute atomic E-state index is 0.0968. The molecule has 0 fully saturated rings. The summed E-state index contributed by atoms with van der Waals surface area (Å²) >= 11 is 0. The Labute approximate surface area is 308 Å². The van der Waals surface area contributed by atoms with Crippen LogP contribution in [0.1, 0.15) is 42.4 Å². The van der Waals surface area contributed by atoms with Crippen molar-refractivity contribution in [1.82, 2.24) is 15.0 Å². The van der Waals surface area contributed by atoms with E-state index in [0.717, 1.165) is 74.9 Å². The largest absolute Gasteiger partial charge is 0.455 e. The van der Waals surface area contributed by atoms with Crippen molar-refractivity contribution in [3.8, 4) is 33.6 Å². The van der Waals surface area contributed by atoms with Crippen LogP contribution in [0.25, 0.3) is 77.5 Å². The average Bonchev–Trinajstić information content (AvgIpc) is 3.63. The van der Waals surface area contributed by atoms with Gasteiger partial charge in [-0.15, -0.1) is 0 Å². The van der Waals surface area contributed by atoms with Gasteiger partial charge in [0.2, 0.25) is 0 Å². The van der Waals surface area contributed by atoms with Gasteiger partial charge in [-0.1, -0.05) is 152 Å². The maximum Gasteiger partial charge on any atom is 0.163 e. The maximum atomic E-state index is 6.69. The molecule has 6 aromatic carbocycles. The molecule has 53 heavy (non-hydrogen) atoms. The number of benzene rings is 6. The molecule has 2 aliphatic carbocycles. The first-order valence-corrected chi connectivity index (χ1v) is 18.4. The molecule has 2 aliphatic rings. The van der Waals surface area contributed by atoms with E-state index >= 15 is 0 Å². The molecular weight excluding hydrogens is 647 g/mol. The monoisotopic (exact) mass is 681 g/mol. The molecule has 4 nitrogen and oxygen atoms in total. The normalized spacial score (nSPS) is 15.6. The summed E-state index contributed by atoms with van der Waals surface area (Å²) in [7, 11) is 0. The van der Waals surface area contributed by atoms with Gasteiger partial charge in [0.15, 0.2) is 11.6 Å². The molecule has 0 N–H and O–H groups in total. The second-order valence-corrected chi connectivity index (χ2v) is 13.8. The number of hydrogen-bond acceptors (Lipinski definition) is 4. The van der Waals surface area contributed by atoms with E-state index in [0.29, 0.717) is 11.6 Å². The molecule has 0 bridgehead atoms. The van der Waals surface area contributed by atoms with Crippen molar-refractivity contribution in [2.24, 2.45) is 0 Å². The van der Waals surface area contributed by atoms with E-state index in [9.17, 15) is 0 Å². The smallest absolute Gasteiger partial charge is 0.163 e. The highest BCUT2D eigenvalue weighted by Crippen LogP contribution is 2.42. The molecule has 0 saturated carbocycles. The first kappa shape index (κ1) is 31.1. The number of allylic oxidation sites excluding steroid dienone is 8. The van der Waals surface area contributed by atoms with Crippen LogP contribution in [0.15, 0.2) is 174 Å². The molecule has 1 unspecified atom stereocenters. The zero-order valence-electron chi connectivity index (χ0n) is 29.1. The lowest BCUT2D eigenvalue weighted by Crippen LogP contribution is -2.09. The summed E-state index contributed by atoms with van der Waals surface area (Å²) in [4.78, 5) is 15.3. The Kier molecular flexibility index (Phi) is 7.72. The quantitative estimate of drug-likeness (QED) is 0.175. The molecule has 10 rings (SSSR count). The minimum atomic E-state index is 0.0968. The van der Waals surface area contributed by atoms with Crippen LogP contribution in [0.4, 0.5) is 0 Å². The summed E-state index contributed by atoms with van der Waals surface area (Å²) in [5.74, 6) is 2.29. The maximum absolute atomic E-state index is 6.69. The highest BCUT2D eigenvalue weighted by Gasteiger charge is 2.22. The SMILES string of the molecule is C1=CCC(c2nc(C3=CCCC(c4cccc5oc6c(-c7ccc8ccccc8c7)cccc6c45)=C3)nc(-c3ccc(-c4ccccc4)cc3)n2)C=C1. The first-order valence-electron chi connectivity index (χ1n) is 18.4. The lowest BCUT2D eigenvalue weighted by atomic mass is 9.90. The Morgan fingerprint density at radius 2 is 1.34 bits per heavy atom. The Morgan fingerprint density at radius 3 is 2.21 bits per heavy atom. The first-order chi connectivity index (χ1) is 26.2. The summed E-state index contributed by atoms with van der Waals surface area (Å²) in [5.41, 5.74) is 10.8. The predicted molar refractivity (Wildman–Crippen MR) is 218 cm³/mol. The van der Waals surface area contributed by atoms with E-state index in [2.05, 4.69) is 164 Å². The fourth-order valence-corrected chi connectivity index (χ4v) is 7.80. The topological polar surface area (TPSA) is 51.8 Å². The predicted octanol–water partition coefficient (Wildman–Crippen LogP) is 12.8. The lowest BCUT2D eigenvalue weighted by Gasteiger charge is -2.17. The second-order valence-electron chi connectivity index (χ2n) is 13.8. The molecular formula is C49H35N3O. The highest BCUT2D eigenvalue weighted by molar-refractivity contribution is 6.14. The van der Waals surface area contributed by atoms with Crippen LogP contribution in [-0.2, 0) is 0 Å². The van der Waals surface area contributed by atoms with Crippen molar-refractivity contribution in [2.45, 2.75) is 25.2 Å². The summed E-state index contributed by atoms with van der Waals surface area (Å²) in [6.07, 6.45) is 15.8. The van der Waals surface area contributed by atoms with Crippen LogP contribution in [-0.4, -0.2) is 15.0 Å². The number of fused-ring (bicyclic) bond motifs is 4. The van der Waals surface area contributed by atoms with E-state index in [1.165, 1.54) is 27.5 Å². The van der Waals surface area contributed by atoms with Gasteiger partial charge in [-0.3, -0.25) is 0 Å². The highest BCUT2D eigenvalue weighted by atomic mass is 16.3. The van der Waals surface area contributed by atoms with Gasteiger partial charge in [-0.25, -0.2) is 15.0 Å². The van der Waals surface area contributed by atoms with Gasteiger partial charge < -0.3 is 4.42 Å². The van der Waals surface area contributed by atoms with Gasteiger partial charge in [-0.2, -0.15) is 0 Å². The molecule has 0 saturated heterocycles. The molecule has 0 amide bonds. The second kappa shape index (κ2) is 13.2. The molecule has 2 aromatic heterocycles. The summed E-state index contributed by atoms with van der Waals surface area (Å²) in [5, 5.41) is 4.72. The van der Waals surface area contributed by atoms with Gasteiger partial charge in [-0.05, 0) is 76.1 Å². The van der Waals surface area contributed by atoms with Crippen molar-refractivity contribution < 1.29 is 4.42 Å². The van der Waals surface area contributed by atoms with Gasteiger partial charge in [0.05, 0.1) is 0 Å². The number of rotatable bonds is 6. The zero-order chi connectivity index (χ0) is 35.1. The van der Waals surface area contributed by atoms with Crippen molar-refractivity contribution in [2.75, 3.05) is 0 Å². The third-order valence-corrected chi connectivity index (χ3v) is 10.5. The van der Waals surface area contributed by atoms with Crippen LogP contribution in [0, 0.1) is 0 Å². The van der Waals surface area contributed by atoms with E-state index < -0.39 is 0 Å². The van der Waals surface area contributed by atoms with Gasteiger partial charge in [0.1, 0.15) is 17.0 Å². The van der Waals surface area contributed by atoms with Crippen molar-refractivity contribution in [3.05, 3.63) is 187 Å². The van der Waals surface area contributed by atoms with Crippen molar-refractivity contribution in [1.29, 1.82) is 0 Å². The number of furan rings is 1. The van der Waals surface area contributed by atoms with Gasteiger partial charge in [0, 0.05) is 33.4 Å². The molecule has 4 heteroatoms. The van der Waals surface area contributed by atoms with Crippen molar-refractivity contribution in [3.63, 3.8) is 0 Å². The van der Waals surface area contributed by atoms with Crippen LogP contribution in [0.3, 0.4) is 0 Å². The molecule has 252 valence electrons. The Morgan fingerprint density at radius 1 is 0.585 bits per heavy atom. The minimum Gasteiger partial charge on any atom is -0.455 e. The van der Waals surface area contributed by atoms with Gasteiger partial charge in [0.25, 0.3) is 0 Å². The summed E-state index contributed by atoms with van der Waals surface area (Å²) in [6.45, 7) is 0. The number of para-hydroxylation sites is 1.